The zero-order valence-electron chi connectivity index (χ0n) is 18.2. The van der Waals surface area contributed by atoms with Crippen molar-refractivity contribution in [3.05, 3.63) is 87.5 Å². The maximum atomic E-state index is 12.7. The molecule has 0 amide bonds. The number of aromatic nitrogens is 5. The van der Waals surface area contributed by atoms with Crippen LogP contribution in [0.15, 0.2) is 59.4 Å². The van der Waals surface area contributed by atoms with Gasteiger partial charge < -0.3 is 10.1 Å². The summed E-state index contributed by atoms with van der Waals surface area (Å²) in [5.41, 5.74) is 3.76. The molecule has 4 rings (SSSR count). The predicted molar refractivity (Wildman–Crippen MR) is 123 cm³/mol. The quantitative estimate of drug-likeness (QED) is 0.399. The maximum absolute atomic E-state index is 12.7. The van der Waals surface area contributed by atoms with Gasteiger partial charge in [-0.3, -0.25) is 9.69 Å². The van der Waals surface area contributed by atoms with Gasteiger partial charge >= 0.3 is 0 Å². The van der Waals surface area contributed by atoms with Crippen molar-refractivity contribution >= 4 is 10.9 Å². The zero-order chi connectivity index (χ0) is 22.3. The fourth-order valence-electron chi connectivity index (χ4n) is 3.82. The molecule has 0 unspecified atom stereocenters. The Kier molecular flexibility index (Phi) is 7.03. The van der Waals surface area contributed by atoms with Crippen LogP contribution in [0, 0.1) is 6.92 Å². The number of nitrogens with zero attached hydrogens (tertiary/aromatic N) is 5. The fraction of sp³-hybridized carbons (Fsp3) is 0.333. The van der Waals surface area contributed by atoms with E-state index in [1.807, 2.05) is 54.1 Å². The molecule has 2 aromatic heterocycles. The van der Waals surface area contributed by atoms with E-state index in [1.54, 1.807) is 0 Å². The molecule has 2 N–H and O–H groups in total. The lowest BCUT2D eigenvalue weighted by Crippen LogP contribution is -2.29. The van der Waals surface area contributed by atoms with E-state index in [4.69, 9.17) is 0 Å². The Balaban J connectivity index is 1.51. The normalized spacial score (nSPS) is 11.5. The summed E-state index contributed by atoms with van der Waals surface area (Å²) in [5.74, 6) is 0.742. The number of benzene rings is 2. The van der Waals surface area contributed by atoms with E-state index in [0.29, 0.717) is 38.2 Å². The van der Waals surface area contributed by atoms with Gasteiger partial charge in [0.2, 0.25) is 0 Å². The molecule has 0 aliphatic heterocycles. The van der Waals surface area contributed by atoms with E-state index in [1.165, 1.54) is 5.56 Å². The average Bonchev–Trinajstić information content (AvgIpc) is 3.24. The lowest BCUT2D eigenvalue weighted by atomic mass is 10.1. The van der Waals surface area contributed by atoms with Crippen LogP contribution >= 0.6 is 0 Å². The van der Waals surface area contributed by atoms with Crippen molar-refractivity contribution in [2.24, 2.45) is 0 Å². The summed E-state index contributed by atoms with van der Waals surface area (Å²) in [6, 6.07) is 18.2. The summed E-state index contributed by atoms with van der Waals surface area (Å²) in [4.78, 5) is 17.8. The van der Waals surface area contributed by atoms with Gasteiger partial charge in [0.05, 0.1) is 6.54 Å². The number of tetrazole rings is 1. The summed E-state index contributed by atoms with van der Waals surface area (Å²) in [6.07, 6.45) is 1.44. The molecule has 0 bridgehead atoms. The van der Waals surface area contributed by atoms with Crippen LogP contribution < -0.4 is 5.56 Å². The number of H-pyrrole nitrogens is 1. The molecule has 0 aliphatic rings. The molecule has 0 spiro atoms. The van der Waals surface area contributed by atoms with Gasteiger partial charge in [-0.05, 0) is 58.8 Å². The van der Waals surface area contributed by atoms with E-state index in [9.17, 15) is 9.90 Å². The lowest BCUT2D eigenvalue weighted by Gasteiger charge is -2.21. The first kappa shape index (κ1) is 21.9. The third-order valence-corrected chi connectivity index (χ3v) is 5.53. The van der Waals surface area contributed by atoms with Crippen LogP contribution in [0.25, 0.3) is 10.9 Å². The van der Waals surface area contributed by atoms with Crippen molar-refractivity contribution in [2.75, 3.05) is 13.2 Å². The van der Waals surface area contributed by atoms with Crippen molar-refractivity contribution in [3.8, 4) is 0 Å². The largest absolute Gasteiger partial charge is 0.396 e. The summed E-state index contributed by atoms with van der Waals surface area (Å²) < 4.78 is 1.81. The third-order valence-electron chi connectivity index (χ3n) is 5.53. The molecule has 0 atom stereocenters. The topological polar surface area (TPSA) is 99.9 Å². The van der Waals surface area contributed by atoms with E-state index in [0.717, 1.165) is 28.7 Å². The summed E-state index contributed by atoms with van der Waals surface area (Å²) in [6.45, 7) is 4.34. The van der Waals surface area contributed by atoms with Crippen molar-refractivity contribution in [2.45, 2.75) is 39.4 Å². The summed E-state index contributed by atoms with van der Waals surface area (Å²) in [5, 5.41) is 22.6. The molecule has 0 radical (unpaired) electrons. The van der Waals surface area contributed by atoms with Crippen molar-refractivity contribution in [3.63, 3.8) is 0 Å². The highest BCUT2D eigenvalue weighted by atomic mass is 16.3. The molecule has 166 valence electrons. The van der Waals surface area contributed by atoms with Gasteiger partial charge in [0.15, 0.2) is 5.82 Å². The van der Waals surface area contributed by atoms with E-state index in [2.05, 4.69) is 37.5 Å². The fourth-order valence-corrected chi connectivity index (χ4v) is 3.82. The maximum Gasteiger partial charge on any atom is 0.252 e. The molecule has 2 heterocycles. The second-order valence-electron chi connectivity index (χ2n) is 8.06. The minimum absolute atomic E-state index is 0.0861. The van der Waals surface area contributed by atoms with Gasteiger partial charge in [0, 0.05) is 37.3 Å². The van der Waals surface area contributed by atoms with Crippen molar-refractivity contribution in [1.29, 1.82) is 0 Å². The van der Waals surface area contributed by atoms with Gasteiger partial charge in [0.25, 0.3) is 5.56 Å². The van der Waals surface area contributed by atoms with Gasteiger partial charge in [-0.1, -0.05) is 42.5 Å². The molecular formula is C24H28N6O2. The van der Waals surface area contributed by atoms with Crippen LogP contribution in [0.1, 0.15) is 28.9 Å². The van der Waals surface area contributed by atoms with Crippen LogP contribution in [0.4, 0.5) is 0 Å². The molecule has 0 saturated heterocycles. The number of aliphatic hydroxyl groups is 1. The first-order valence-electron chi connectivity index (χ1n) is 10.9. The van der Waals surface area contributed by atoms with E-state index >= 15 is 0 Å². The minimum Gasteiger partial charge on any atom is -0.396 e. The molecule has 32 heavy (non-hydrogen) atoms. The number of nitrogens with one attached hydrogen (secondary N) is 1. The highest BCUT2D eigenvalue weighted by Gasteiger charge is 2.15. The number of rotatable bonds is 10. The highest BCUT2D eigenvalue weighted by molar-refractivity contribution is 5.79. The Morgan fingerprint density at radius 2 is 1.94 bits per heavy atom. The standard InChI is InChI=1S/C24H28N6O2/c1-18-8-9-20-15-21(24(32)25-22(20)14-18)16-29(11-5-13-31)17-23-26-27-28-30(23)12-10-19-6-3-2-4-7-19/h2-4,6-9,14-15,31H,5,10-13,16-17H2,1H3,(H,25,32). The number of aromatic amines is 1. The molecule has 4 aromatic rings. The molecule has 0 aliphatic carbocycles. The third kappa shape index (κ3) is 5.46. The Hall–Kier alpha value is -3.36. The van der Waals surface area contributed by atoms with E-state index in [-0.39, 0.29) is 12.2 Å². The van der Waals surface area contributed by atoms with Crippen molar-refractivity contribution in [1.82, 2.24) is 30.1 Å². The highest BCUT2D eigenvalue weighted by Crippen LogP contribution is 2.15. The Bertz CT molecular complexity index is 1220. The summed E-state index contributed by atoms with van der Waals surface area (Å²) in [7, 11) is 0. The van der Waals surface area contributed by atoms with Crippen LogP contribution in [0.2, 0.25) is 0 Å². The van der Waals surface area contributed by atoms with E-state index < -0.39 is 0 Å². The molecular weight excluding hydrogens is 404 g/mol. The lowest BCUT2D eigenvalue weighted by molar-refractivity contribution is 0.206. The number of fused-ring (bicyclic) bond motifs is 1. The molecule has 8 heteroatoms. The monoisotopic (exact) mass is 432 g/mol. The summed E-state index contributed by atoms with van der Waals surface area (Å²) >= 11 is 0. The Morgan fingerprint density at radius 3 is 2.75 bits per heavy atom. The second-order valence-corrected chi connectivity index (χ2v) is 8.06. The van der Waals surface area contributed by atoms with Crippen LogP contribution in [0.3, 0.4) is 0 Å². The van der Waals surface area contributed by atoms with Crippen LogP contribution in [-0.2, 0) is 26.1 Å². The van der Waals surface area contributed by atoms with Gasteiger partial charge in [0.1, 0.15) is 0 Å². The number of pyridine rings is 1. The van der Waals surface area contributed by atoms with Gasteiger partial charge in [-0.15, -0.1) is 5.10 Å². The average molecular weight is 433 g/mol. The smallest absolute Gasteiger partial charge is 0.252 e. The molecule has 0 saturated carbocycles. The number of aliphatic hydroxyl groups excluding tert-OH is 1. The number of hydrogen-bond acceptors (Lipinski definition) is 6. The Labute approximate surface area is 186 Å². The minimum atomic E-state index is -0.0965. The zero-order valence-corrected chi connectivity index (χ0v) is 18.2. The predicted octanol–water partition coefficient (Wildman–Crippen LogP) is 2.45. The number of hydrogen-bond donors (Lipinski definition) is 2. The second kappa shape index (κ2) is 10.3. The Morgan fingerprint density at radius 1 is 1.09 bits per heavy atom. The van der Waals surface area contributed by atoms with Crippen molar-refractivity contribution < 1.29 is 5.11 Å². The molecule has 8 nitrogen and oxygen atoms in total. The SMILES string of the molecule is Cc1ccc2cc(CN(CCCO)Cc3nnnn3CCc3ccccc3)c(=O)[nH]c2c1. The first-order valence-corrected chi connectivity index (χ1v) is 10.9. The first-order chi connectivity index (χ1) is 15.6. The number of aryl methyl sites for hydroxylation is 3. The molecule has 0 fully saturated rings. The van der Waals surface area contributed by atoms with Crippen LogP contribution in [0.5, 0.6) is 0 Å². The molecule has 2 aromatic carbocycles. The van der Waals surface area contributed by atoms with Crippen LogP contribution in [-0.4, -0.2) is 48.3 Å². The van der Waals surface area contributed by atoms with Gasteiger partial charge in [-0.25, -0.2) is 4.68 Å². The van der Waals surface area contributed by atoms with Gasteiger partial charge in [-0.2, -0.15) is 0 Å².